The molecule has 0 saturated heterocycles. The topological polar surface area (TPSA) is 35.6 Å². The quantitative estimate of drug-likeness (QED) is 0.171. The van der Waals surface area contributed by atoms with Gasteiger partial charge in [-0.2, -0.15) is 0 Å². The van der Waals surface area contributed by atoms with Crippen LogP contribution in [0.15, 0.2) is 200 Å². The zero-order valence-corrected chi connectivity index (χ0v) is 30.7. The second-order valence-electron chi connectivity index (χ2n) is 14.4. The fourth-order valence-electron chi connectivity index (χ4n) is 8.37. The predicted molar refractivity (Wildman–Crippen MR) is 232 cm³/mol. The van der Waals surface area contributed by atoms with Gasteiger partial charge in [0.15, 0.2) is 0 Å². The molecule has 0 unspecified atom stereocenters. The molecule has 11 aromatic rings. The summed E-state index contributed by atoms with van der Waals surface area (Å²) in [6, 6.07) is 66.6. The average molecular weight is 733 g/mol. The Labute approximate surface area is 328 Å². The normalized spacial score (nSPS) is 11.6. The minimum atomic E-state index is -0.239. The van der Waals surface area contributed by atoms with Crippen molar-refractivity contribution >= 4 is 43.6 Å². The van der Waals surface area contributed by atoms with Crippen LogP contribution in [0.2, 0.25) is 0 Å². The highest BCUT2D eigenvalue weighted by atomic mass is 19.1. The first-order valence-corrected chi connectivity index (χ1v) is 19.1. The minimum absolute atomic E-state index is 0.239. The Bertz CT molecular complexity index is 3300. The second kappa shape index (κ2) is 13.3. The van der Waals surface area contributed by atoms with Gasteiger partial charge >= 0.3 is 0 Å². The van der Waals surface area contributed by atoms with E-state index in [9.17, 15) is 4.39 Å². The highest BCUT2D eigenvalue weighted by Gasteiger charge is 2.17. The molecule has 0 atom stereocenters. The Morgan fingerprint density at radius 3 is 1.53 bits per heavy atom. The van der Waals surface area contributed by atoms with Gasteiger partial charge in [0.25, 0.3) is 0 Å². The van der Waals surface area contributed by atoms with Crippen molar-refractivity contribution in [2.75, 3.05) is 0 Å². The Hall–Kier alpha value is -7.63. The first-order chi connectivity index (χ1) is 28.2. The molecule has 8 aromatic carbocycles. The molecule has 3 aromatic heterocycles. The summed E-state index contributed by atoms with van der Waals surface area (Å²) in [5, 5.41) is 4.75. The van der Waals surface area contributed by atoms with Crippen LogP contribution in [0.1, 0.15) is 0 Å². The van der Waals surface area contributed by atoms with E-state index >= 15 is 0 Å². The van der Waals surface area contributed by atoms with Crippen molar-refractivity contribution in [1.29, 1.82) is 0 Å². The van der Waals surface area contributed by atoms with Crippen molar-refractivity contribution in [2.45, 2.75) is 0 Å². The molecule has 0 bridgehead atoms. The van der Waals surface area contributed by atoms with Gasteiger partial charge in [-0.25, -0.2) is 14.4 Å². The number of benzene rings is 8. The van der Waals surface area contributed by atoms with Crippen molar-refractivity contribution in [2.24, 2.45) is 0 Å². The summed E-state index contributed by atoms with van der Waals surface area (Å²) in [6.07, 6.45) is 1.84. The average Bonchev–Trinajstić information content (AvgIpc) is 3.79. The van der Waals surface area contributed by atoms with E-state index in [1.54, 1.807) is 12.1 Å². The predicted octanol–water partition coefficient (Wildman–Crippen LogP) is 13.5. The molecule has 268 valence electrons. The summed E-state index contributed by atoms with van der Waals surface area (Å²) in [5.74, 6) is 0.378. The molecule has 0 aliphatic carbocycles. The van der Waals surface area contributed by atoms with Gasteiger partial charge in [0, 0.05) is 39.0 Å². The Balaban J connectivity index is 0.976. The van der Waals surface area contributed by atoms with E-state index in [1.807, 2.05) is 30.5 Å². The summed E-state index contributed by atoms with van der Waals surface area (Å²) in [5.41, 5.74) is 13.8. The molecular weight excluding hydrogens is 700 g/mol. The molecule has 0 N–H and O–H groups in total. The Morgan fingerprint density at radius 2 is 0.860 bits per heavy atom. The van der Waals surface area contributed by atoms with Crippen LogP contribution in [0.3, 0.4) is 0 Å². The van der Waals surface area contributed by atoms with Gasteiger partial charge in [-0.05, 0) is 106 Å². The summed E-state index contributed by atoms with van der Waals surface area (Å²) in [4.78, 5) is 9.99. The van der Waals surface area contributed by atoms with E-state index in [0.717, 1.165) is 66.6 Å². The summed E-state index contributed by atoms with van der Waals surface area (Å²) < 4.78 is 18.4. The van der Waals surface area contributed by atoms with Gasteiger partial charge < -0.3 is 4.57 Å². The lowest BCUT2D eigenvalue weighted by atomic mass is 9.98. The number of halogens is 1. The number of para-hydroxylation sites is 3. The van der Waals surface area contributed by atoms with Crippen LogP contribution in [-0.4, -0.2) is 19.1 Å². The van der Waals surface area contributed by atoms with Crippen LogP contribution >= 0.6 is 0 Å². The lowest BCUT2D eigenvalue weighted by molar-refractivity contribution is 0.628. The monoisotopic (exact) mass is 732 g/mol. The molecule has 0 amide bonds. The maximum Gasteiger partial charge on any atom is 0.235 e. The van der Waals surface area contributed by atoms with Gasteiger partial charge in [0.1, 0.15) is 5.82 Å². The number of hydrogen-bond acceptors (Lipinski definition) is 2. The fourth-order valence-corrected chi connectivity index (χ4v) is 8.37. The summed E-state index contributed by atoms with van der Waals surface area (Å²) >= 11 is 0. The van der Waals surface area contributed by atoms with E-state index in [0.29, 0.717) is 5.95 Å². The standard InChI is InChI=1S/C52H33FN4/c53-41-13-9-11-37(31-41)35-22-20-34(21-23-35)36-10-8-12-40(30-36)47-28-29-54-52(55-47)57-49-19-7-5-17-44(49)46-33-39(25-27-51(46)57)38-24-26-50-45(32-38)43-16-4-6-18-48(43)56(50)42-14-2-1-3-15-42/h1-33H. The first-order valence-electron chi connectivity index (χ1n) is 19.1. The summed E-state index contributed by atoms with van der Waals surface area (Å²) in [6.45, 7) is 0. The Morgan fingerprint density at radius 1 is 0.351 bits per heavy atom. The van der Waals surface area contributed by atoms with E-state index in [-0.39, 0.29) is 5.82 Å². The van der Waals surface area contributed by atoms with Gasteiger partial charge in [-0.3, -0.25) is 4.57 Å². The molecule has 5 heteroatoms. The summed E-state index contributed by atoms with van der Waals surface area (Å²) in [7, 11) is 0. The van der Waals surface area contributed by atoms with Crippen molar-refractivity contribution in [3.8, 4) is 56.3 Å². The molecule has 0 spiro atoms. The molecule has 0 saturated carbocycles. The highest BCUT2D eigenvalue weighted by molar-refractivity contribution is 6.12. The third kappa shape index (κ3) is 5.59. The molecule has 0 fully saturated rings. The maximum absolute atomic E-state index is 13.9. The maximum atomic E-state index is 13.9. The zero-order valence-electron chi connectivity index (χ0n) is 30.7. The largest absolute Gasteiger partial charge is 0.309 e. The lowest BCUT2D eigenvalue weighted by Crippen LogP contribution is -2.01. The molecule has 0 radical (unpaired) electrons. The molecule has 57 heavy (non-hydrogen) atoms. The van der Waals surface area contributed by atoms with Crippen LogP contribution in [0, 0.1) is 5.82 Å². The molecule has 0 aliphatic heterocycles. The number of nitrogens with zero attached hydrogens (tertiary/aromatic N) is 4. The highest BCUT2D eigenvalue weighted by Crippen LogP contribution is 2.38. The molecule has 4 nitrogen and oxygen atoms in total. The number of hydrogen-bond donors (Lipinski definition) is 0. The first kappa shape index (κ1) is 32.8. The van der Waals surface area contributed by atoms with Crippen LogP contribution in [0.4, 0.5) is 4.39 Å². The van der Waals surface area contributed by atoms with Crippen molar-refractivity contribution in [3.63, 3.8) is 0 Å². The smallest absolute Gasteiger partial charge is 0.235 e. The van der Waals surface area contributed by atoms with E-state index in [1.165, 1.54) is 33.4 Å². The van der Waals surface area contributed by atoms with E-state index < -0.39 is 0 Å². The Kier molecular flexibility index (Phi) is 7.64. The number of aromatic nitrogens is 4. The van der Waals surface area contributed by atoms with Crippen LogP contribution in [0.5, 0.6) is 0 Å². The molecule has 11 rings (SSSR count). The van der Waals surface area contributed by atoms with Gasteiger partial charge in [-0.1, -0.05) is 121 Å². The third-order valence-corrected chi connectivity index (χ3v) is 11.1. The third-order valence-electron chi connectivity index (χ3n) is 11.1. The second-order valence-corrected chi connectivity index (χ2v) is 14.4. The molecule has 3 heterocycles. The number of rotatable bonds is 6. The molecular formula is C52H33FN4. The fraction of sp³-hybridized carbons (Fsp3) is 0. The van der Waals surface area contributed by atoms with E-state index in [2.05, 4.69) is 161 Å². The van der Waals surface area contributed by atoms with Gasteiger partial charge in [0.05, 0.1) is 27.8 Å². The van der Waals surface area contributed by atoms with Crippen LogP contribution < -0.4 is 0 Å². The minimum Gasteiger partial charge on any atom is -0.309 e. The van der Waals surface area contributed by atoms with Crippen molar-refractivity contribution in [3.05, 3.63) is 206 Å². The van der Waals surface area contributed by atoms with Crippen LogP contribution in [0.25, 0.3) is 99.9 Å². The van der Waals surface area contributed by atoms with Crippen molar-refractivity contribution in [1.82, 2.24) is 19.1 Å². The van der Waals surface area contributed by atoms with Crippen LogP contribution in [-0.2, 0) is 0 Å². The SMILES string of the molecule is Fc1cccc(-c2ccc(-c3cccc(-c4ccnc(-n5c6ccccc6c6cc(-c7ccc8c(c7)c7ccccc7n8-c7ccccc7)ccc65)n4)c3)cc2)c1. The van der Waals surface area contributed by atoms with Gasteiger partial charge in [0.2, 0.25) is 5.95 Å². The van der Waals surface area contributed by atoms with Gasteiger partial charge in [-0.15, -0.1) is 0 Å². The number of fused-ring (bicyclic) bond motifs is 6. The zero-order chi connectivity index (χ0) is 37.9. The van der Waals surface area contributed by atoms with Crippen molar-refractivity contribution < 1.29 is 4.39 Å². The molecule has 0 aliphatic rings. The lowest BCUT2D eigenvalue weighted by Gasteiger charge is -2.10. The van der Waals surface area contributed by atoms with E-state index in [4.69, 9.17) is 9.97 Å².